The molecular weight excluding hydrogens is 142 g/mol. The third kappa shape index (κ3) is 0.866. The summed E-state index contributed by atoms with van der Waals surface area (Å²) in [5, 5.41) is 2.05. The van der Waals surface area contributed by atoms with Crippen LogP contribution in [0.15, 0.2) is 35.2 Å². The second-order valence-electron chi connectivity index (χ2n) is 2.05. The molecule has 10 heavy (non-hydrogen) atoms. The molecule has 0 radical (unpaired) electrons. The van der Waals surface area contributed by atoms with Gasteiger partial charge in [-0.15, -0.1) is 12.1 Å². The highest BCUT2D eigenvalue weighted by molar-refractivity contribution is 7.07. The highest BCUT2D eigenvalue weighted by atomic mass is 32.1. The van der Waals surface area contributed by atoms with Gasteiger partial charge in [-0.05, 0) is 5.69 Å². The average molecular weight is 148 g/mol. The second kappa shape index (κ2) is 2.31. The lowest BCUT2D eigenvalue weighted by atomic mass is 10.3. The van der Waals surface area contributed by atoms with E-state index in [2.05, 4.69) is 22.5 Å². The van der Waals surface area contributed by atoms with Gasteiger partial charge in [-0.25, -0.2) is 0 Å². The first-order valence-corrected chi connectivity index (χ1v) is 4.01. The average Bonchev–Trinajstić information content (AvgIpc) is 2.59. The van der Waals surface area contributed by atoms with Crippen molar-refractivity contribution < 1.29 is 0 Å². The van der Waals surface area contributed by atoms with Crippen LogP contribution in [0.2, 0.25) is 0 Å². The first-order valence-electron chi connectivity index (χ1n) is 3.07. The summed E-state index contributed by atoms with van der Waals surface area (Å²) < 4.78 is 0. The Labute approximate surface area is 63.3 Å². The van der Waals surface area contributed by atoms with Crippen LogP contribution in [0.5, 0.6) is 0 Å². The van der Waals surface area contributed by atoms with Gasteiger partial charge in [0.05, 0.1) is 5.51 Å². The van der Waals surface area contributed by atoms with Crippen LogP contribution in [-0.2, 0) is 0 Å². The maximum absolute atomic E-state index is 4.18. The molecule has 0 atom stereocenters. The van der Waals surface area contributed by atoms with Gasteiger partial charge in [-0.3, -0.25) is 4.98 Å². The molecule has 1 nitrogen and oxygen atoms in total. The van der Waals surface area contributed by atoms with Crippen molar-refractivity contribution in [3.63, 3.8) is 0 Å². The van der Waals surface area contributed by atoms with Gasteiger partial charge in [0.15, 0.2) is 0 Å². The number of nitrogens with zero attached hydrogens (tertiary/aromatic N) is 1. The number of hydrogen-bond acceptors (Lipinski definition) is 2. The number of rotatable bonds is 1. The lowest BCUT2D eigenvalue weighted by molar-refractivity contribution is 1.42. The third-order valence-electron chi connectivity index (χ3n) is 1.39. The highest BCUT2D eigenvalue weighted by Gasteiger charge is 1.88. The Hall–Kier alpha value is -1.02. The van der Waals surface area contributed by atoms with Crippen LogP contribution in [0.25, 0.3) is 11.3 Å². The van der Waals surface area contributed by atoms with E-state index in [9.17, 15) is 0 Å². The van der Waals surface area contributed by atoms with Gasteiger partial charge in [0.1, 0.15) is 0 Å². The van der Waals surface area contributed by atoms with Gasteiger partial charge in [0, 0.05) is 0 Å². The fraction of sp³-hybridized carbons (Fsp3) is 0. The summed E-state index contributed by atoms with van der Waals surface area (Å²) in [4.78, 5) is 4.18. The minimum Gasteiger partial charge on any atom is -0.266 e. The summed E-state index contributed by atoms with van der Waals surface area (Å²) in [5.74, 6) is 0. The predicted molar refractivity (Wildman–Crippen MR) is 43.1 cm³/mol. The lowest BCUT2D eigenvalue weighted by Crippen LogP contribution is -1.67. The molecule has 2 heteroatoms. The van der Waals surface area contributed by atoms with E-state index in [1.165, 1.54) is 5.56 Å². The van der Waals surface area contributed by atoms with Crippen molar-refractivity contribution in [2.75, 3.05) is 0 Å². The van der Waals surface area contributed by atoms with Crippen molar-refractivity contribution in [3.8, 4) is 11.3 Å². The molecule has 0 N–H and O–H groups in total. The summed E-state index contributed by atoms with van der Waals surface area (Å²) in [5.41, 5.74) is 4.14. The van der Waals surface area contributed by atoms with Gasteiger partial charge >= 0.3 is 0 Å². The number of hydrogen-bond donors (Lipinski definition) is 0. The Morgan fingerprint density at radius 2 is 2.10 bits per heavy atom. The van der Waals surface area contributed by atoms with E-state index < -0.39 is 0 Å². The van der Waals surface area contributed by atoms with Gasteiger partial charge < -0.3 is 0 Å². The first kappa shape index (κ1) is 5.74. The first-order chi connectivity index (χ1) is 4.97. The van der Waals surface area contributed by atoms with Crippen molar-refractivity contribution >= 4 is 11.3 Å². The minimum absolute atomic E-state index is 1.08. The van der Waals surface area contributed by atoms with E-state index >= 15 is 0 Å². The molecule has 2 aromatic rings. The normalized spacial score (nSPS) is 10.0. The van der Waals surface area contributed by atoms with Gasteiger partial charge in [0.25, 0.3) is 0 Å². The Bertz CT molecular complexity index is 249. The molecule has 50 valence electrons. The number of aromatic nitrogens is 1. The van der Waals surface area contributed by atoms with Crippen molar-refractivity contribution in [1.82, 2.24) is 4.98 Å². The molecule has 1 heterocycles. The fourth-order valence-electron chi connectivity index (χ4n) is 0.900. The molecule has 1 aromatic carbocycles. The standard InChI is InChI=1S/C8H6NS/c1-2-4-7(3-1)8-5-10-6-9-8/h1-6H/q-1. The summed E-state index contributed by atoms with van der Waals surface area (Å²) in [7, 11) is 0. The summed E-state index contributed by atoms with van der Waals surface area (Å²) >= 11 is 1.63. The summed E-state index contributed by atoms with van der Waals surface area (Å²) in [6.07, 6.45) is 0. The quantitative estimate of drug-likeness (QED) is 0.566. The van der Waals surface area contributed by atoms with Crippen LogP contribution in [0.1, 0.15) is 0 Å². The topological polar surface area (TPSA) is 12.9 Å². The summed E-state index contributed by atoms with van der Waals surface area (Å²) in [6, 6.07) is 8.17. The van der Waals surface area contributed by atoms with E-state index in [4.69, 9.17) is 0 Å². The minimum atomic E-state index is 1.08. The number of thiazole rings is 1. The van der Waals surface area contributed by atoms with E-state index in [0.717, 1.165) is 5.69 Å². The maximum atomic E-state index is 4.18. The molecule has 1 aromatic heterocycles. The Kier molecular flexibility index (Phi) is 1.32. The Morgan fingerprint density at radius 3 is 2.70 bits per heavy atom. The van der Waals surface area contributed by atoms with Crippen LogP contribution >= 0.6 is 11.3 Å². The molecule has 2 rings (SSSR count). The molecule has 0 aliphatic heterocycles. The van der Waals surface area contributed by atoms with Crippen LogP contribution in [-0.4, -0.2) is 4.98 Å². The molecule has 0 saturated heterocycles. The molecule has 0 aliphatic carbocycles. The molecule has 0 bridgehead atoms. The molecule has 0 spiro atoms. The van der Waals surface area contributed by atoms with Crippen LogP contribution in [0.4, 0.5) is 0 Å². The van der Waals surface area contributed by atoms with Crippen molar-refractivity contribution in [2.45, 2.75) is 0 Å². The molecule has 0 aliphatic rings. The van der Waals surface area contributed by atoms with Gasteiger partial charge in [-0.2, -0.15) is 23.5 Å². The predicted octanol–water partition coefficient (Wildman–Crippen LogP) is 2.53. The molecule has 0 amide bonds. The largest absolute Gasteiger partial charge is 0.266 e. The van der Waals surface area contributed by atoms with Crippen LogP contribution < -0.4 is 0 Å². The highest BCUT2D eigenvalue weighted by Crippen LogP contribution is 2.18. The van der Waals surface area contributed by atoms with Gasteiger partial charge in [-0.1, -0.05) is 10.9 Å². The van der Waals surface area contributed by atoms with Crippen molar-refractivity contribution in [2.24, 2.45) is 0 Å². The molecular formula is C8H6NS-. The van der Waals surface area contributed by atoms with E-state index in [-0.39, 0.29) is 0 Å². The Morgan fingerprint density at radius 1 is 1.30 bits per heavy atom. The fourth-order valence-corrected chi connectivity index (χ4v) is 1.46. The zero-order valence-corrected chi connectivity index (χ0v) is 6.14. The van der Waals surface area contributed by atoms with Crippen LogP contribution in [0.3, 0.4) is 0 Å². The van der Waals surface area contributed by atoms with Crippen LogP contribution in [0, 0.1) is 0 Å². The maximum Gasteiger partial charge on any atom is 0.0687 e. The van der Waals surface area contributed by atoms with E-state index in [0.29, 0.717) is 0 Å². The smallest absolute Gasteiger partial charge is 0.0687 e. The molecule has 0 fully saturated rings. The SMILES string of the molecule is c1cc[c-](-c2cscn2)c1. The summed E-state index contributed by atoms with van der Waals surface area (Å²) in [6.45, 7) is 0. The van der Waals surface area contributed by atoms with Crippen molar-refractivity contribution in [1.29, 1.82) is 0 Å². The second-order valence-corrected chi connectivity index (χ2v) is 2.77. The molecule has 0 unspecified atom stereocenters. The van der Waals surface area contributed by atoms with Gasteiger partial charge in [0.2, 0.25) is 0 Å². The van der Waals surface area contributed by atoms with E-state index in [1.54, 1.807) is 11.3 Å². The zero-order valence-electron chi connectivity index (χ0n) is 5.32. The molecule has 0 saturated carbocycles. The van der Waals surface area contributed by atoms with Crippen molar-refractivity contribution in [3.05, 3.63) is 35.2 Å². The third-order valence-corrected chi connectivity index (χ3v) is 1.98. The lowest BCUT2D eigenvalue weighted by Gasteiger charge is -1.92. The zero-order chi connectivity index (χ0) is 6.81. The monoisotopic (exact) mass is 148 g/mol. The van der Waals surface area contributed by atoms with E-state index in [1.807, 2.05) is 17.6 Å². The Balaban J connectivity index is 2.48.